The Balaban J connectivity index is 0. The molecule has 0 aliphatic rings. The Morgan fingerprint density at radius 3 is 1.00 bits per heavy atom. The smallest absolute Gasteiger partial charge is 0.0814 e. The van der Waals surface area contributed by atoms with Crippen LogP contribution in [0.15, 0.2) is 0 Å². The van der Waals surface area contributed by atoms with Crippen LogP contribution >= 0.6 is 18.5 Å². The molecule has 0 fully saturated rings. The molecule has 0 atom stereocenters. The SMILES string of the molecule is B.CC(C)(C)P(Cl)C(C)(C)C. The molecule has 0 saturated heterocycles. The molecule has 0 spiro atoms. The third-order valence-corrected chi connectivity index (χ3v) is 6.58. The lowest BCUT2D eigenvalue weighted by Gasteiger charge is -2.35. The van der Waals surface area contributed by atoms with E-state index in [2.05, 4.69) is 41.5 Å². The van der Waals surface area contributed by atoms with E-state index in [0.717, 1.165) is 0 Å². The molecule has 0 aromatic carbocycles. The van der Waals surface area contributed by atoms with E-state index in [9.17, 15) is 0 Å². The van der Waals surface area contributed by atoms with Gasteiger partial charge in [0.15, 0.2) is 0 Å². The van der Waals surface area contributed by atoms with Gasteiger partial charge in [-0.25, -0.2) is 0 Å². The zero-order valence-corrected chi connectivity index (χ0v) is 9.48. The van der Waals surface area contributed by atoms with Crippen LogP contribution in [-0.2, 0) is 0 Å². The van der Waals surface area contributed by atoms with Gasteiger partial charge >= 0.3 is 0 Å². The van der Waals surface area contributed by atoms with Crippen molar-refractivity contribution in [3.63, 3.8) is 0 Å². The maximum absolute atomic E-state index is 6.30. The average Bonchev–Trinajstić information content (AvgIpc) is 1.59. The van der Waals surface area contributed by atoms with Crippen LogP contribution in [0, 0.1) is 0 Å². The molecule has 0 saturated carbocycles. The van der Waals surface area contributed by atoms with Crippen molar-refractivity contribution >= 4 is 26.9 Å². The van der Waals surface area contributed by atoms with E-state index in [0.29, 0.717) is 0 Å². The Hall–Kier alpha value is 0.785. The largest absolute Gasteiger partial charge is 0.0953 e. The molecule has 0 N–H and O–H groups in total. The molecule has 0 nitrogen and oxygen atoms in total. The molecule has 3 heteroatoms. The van der Waals surface area contributed by atoms with E-state index >= 15 is 0 Å². The monoisotopic (exact) mass is 194 g/mol. The summed E-state index contributed by atoms with van der Waals surface area (Å²) < 4.78 is 0. The normalized spacial score (nSPS) is 13.1. The van der Waals surface area contributed by atoms with Crippen LogP contribution in [-0.4, -0.2) is 18.7 Å². The predicted octanol–water partition coefficient (Wildman–Crippen LogP) is 3.04. The minimum Gasteiger partial charge on any atom is -0.0953 e. The van der Waals surface area contributed by atoms with Gasteiger partial charge in [0.25, 0.3) is 0 Å². The quantitative estimate of drug-likeness (QED) is 0.411. The van der Waals surface area contributed by atoms with Gasteiger partial charge in [-0.1, -0.05) is 52.8 Å². The highest BCUT2D eigenvalue weighted by molar-refractivity contribution is 7.86. The fourth-order valence-electron chi connectivity index (χ4n) is 1.01. The number of hydrogen-bond donors (Lipinski definition) is 0. The van der Waals surface area contributed by atoms with Crippen molar-refractivity contribution < 1.29 is 0 Å². The Kier molecular flexibility index (Phi) is 5.39. The summed E-state index contributed by atoms with van der Waals surface area (Å²) in [5, 5.41) is 0.546. The van der Waals surface area contributed by atoms with Gasteiger partial charge < -0.3 is 0 Å². The molecule has 0 bridgehead atoms. The first-order valence-corrected chi connectivity index (χ1v) is 5.86. The third-order valence-electron chi connectivity index (χ3n) is 1.18. The van der Waals surface area contributed by atoms with Crippen LogP contribution in [0.2, 0.25) is 0 Å². The van der Waals surface area contributed by atoms with Crippen LogP contribution in [0.3, 0.4) is 0 Å². The molecule has 0 aliphatic heterocycles. The molecule has 68 valence electrons. The zero-order chi connectivity index (χ0) is 8.58. The summed E-state index contributed by atoms with van der Waals surface area (Å²) in [5.41, 5.74) is 0. The van der Waals surface area contributed by atoms with Gasteiger partial charge in [0.05, 0.1) is 8.41 Å². The Labute approximate surface area is 79.2 Å². The van der Waals surface area contributed by atoms with E-state index in [1.807, 2.05) is 0 Å². The number of halogens is 1. The maximum atomic E-state index is 6.30. The van der Waals surface area contributed by atoms with Gasteiger partial charge in [0, 0.05) is 7.27 Å². The summed E-state index contributed by atoms with van der Waals surface area (Å²) in [7, 11) is -0.390. The van der Waals surface area contributed by atoms with Gasteiger partial charge in [0.2, 0.25) is 0 Å². The minimum absolute atomic E-state index is 0. The first-order valence-electron chi connectivity index (χ1n) is 3.62. The van der Waals surface area contributed by atoms with E-state index < -0.39 is 7.27 Å². The third kappa shape index (κ3) is 5.09. The second-order valence-corrected chi connectivity index (χ2v) is 8.88. The van der Waals surface area contributed by atoms with Gasteiger partial charge in [-0.2, -0.15) is 0 Å². The van der Waals surface area contributed by atoms with Crippen LogP contribution in [0.5, 0.6) is 0 Å². The average molecular weight is 194 g/mol. The summed E-state index contributed by atoms with van der Waals surface area (Å²) >= 11 is 6.30. The molecule has 0 amide bonds. The molecular formula is C8H21BClP. The van der Waals surface area contributed by atoms with Crippen molar-refractivity contribution in [2.75, 3.05) is 0 Å². The van der Waals surface area contributed by atoms with Crippen molar-refractivity contribution in [3.8, 4) is 0 Å². The molecule has 0 aromatic rings. The van der Waals surface area contributed by atoms with E-state index in [1.165, 1.54) is 0 Å². The van der Waals surface area contributed by atoms with Crippen molar-refractivity contribution in [2.24, 2.45) is 0 Å². The highest BCUT2D eigenvalue weighted by Crippen LogP contribution is 2.62. The molecule has 0 aromatic heterocycles. The Morgan fingerprint density at radius 1 is 0.818 bits per heavy atom. The summed E-state index contributed by atoms with van der Waals surface area (Å²) in [5.74, 6) is 0. The standard InChI is InChI=1S/C8H18ClP.BH3/c1-7(2,3)10(9)8(4,5)6;/h1-6H3;1H3. The lowest BCUT2D eigenvalue weighted by molar-refractivity contribution is 0.719. The highest BCUT2D eigenvalue weighted by Gasteiger charge is 2.32. The van der Waals surface area contributed by atoms with Gasteiger partial charge in [-0.05, 0) is 10.3 Å². The van der Waals surface area contributed by atoms with Crippen LogP contribution < -0.4 is 0 Å². The van der Waals surface area contributed by atoms with Crippen LogP contribution in [0.4, 0.5) is 0 Å². The fraction of sp³-hybridized carbons (Fsp3) is 1.00. The molecule has 0 radical (unpaired) electrons. The summed E-state index contributed by atoms with van der Waals surface area (Å²) in [6.45, 7) is 13.2. The Bertz CT molecular complexity index is 98.2. The van der Waals surface area contributed by atoms with Crippen molar-refractivity contribution in [3.05, 3.63) is 0 Å². The topological polar surface area (TPSA) is 0 Å². The lowest BCUT2D eigenvalue weighted by Crippen LogP contribution is -2.21. The van der Waals surface area contributed by atoms with E-state index in [-0.39, 0.29) is 18.7 Å². The van der Waals surface area contributed by atoms with E-state index in [1.54, 1.807) is 0 Å². The van der Waals surface area contributed by atoms with Crippen LogP contribution in [0.1, 0.15) is 41.5 Å². The van der Waals surface area contributed by atoms with Gasteiger partial charge in [-0.3, -0.25) is 0 Å². The zero-order valence-electron chi connectivity index (χ0n) is 7.83. The summed E-state index contributed by atoms with van der Waals surface area (Å²) in [6, 6.07) is 0. The summed E-state index contributed by atoms with van der Waals surface area (Å²) in [6.07, 6.45) is 0. The summed E-state index contributed by atoms with van der Waals surface area (Å²) in [4.78, 5) is 0. The molecule has 0 aliphatic carbocycles. The van der Waals surface area contributed by atoms with Crippen molar-refractivity contribution in [1.82, 2.24) is 0 Å². The van der Waals surface area contributed by atoms with Crippen LogP contribution in [0.25, 0.3) is 0 Å². The number of hydrogen-bond acceptors (Lipinski definition) is 0. The predicted molar refractivity (Wildman–Crippen MR) is 62.2 cm³/mol. The fourth-order valence-corrected chi connectivity index (χ4v) is 3.02. The second kappa shape index (κ2) is 4.14. The van der Waals surface area contributed by atoms with Gasteiger partial charge in [-0.15, -0.1) is 0 Å². The second-order valence-electron chi connectivity index (χ2n) is 4.62. The first-order chi connectivity index (χ1) is 4.15. The maximum Gasteiger partial charge on any atom is 0.0814 e. The van der Waals surface area contributed by atoms with E-state index in [4.69, 9.17) is 11.2 Å². The molecule has 0 rings (SSSR count). The lowest BCUT2D eigenvalue weighted by atomic mass is 10.2. The molecular weight excluding hydrogens is 173 g/mol. The minimum atomic E-state index is -0.390. The first kappa shape index (κ1) is 14.3. The van der Waals surface area contributed by atoms with Crippen molar-refractivity contribution in [2.45, 2.75) is 51.9 Å². The van der Waals surface area contributed by atoms with Gasteiger partial charge in [0.1, 0.15) is 0 Å². The highest BCUT2D eigenvalue weighted by atomic mass is 35.7. The molecule has 0 unspecified atom stereocenters. The molecule has 0 heterocycles. The van der Waals surface area contributed by atoms with Crippen molar-refractivity contribution in [1.29, 1.82) is 0 Å². The number of rotatable bonds is 0. The molecule has 11 heavy (non-hydrogen) atoms. The Morgan fingerprint density at radius 2 is 1.00 bits per heavy atom.